The first-order valence-corrected chi connectivity index (χ1v) is 7.04. The van der Waals surface area contributed by atoms with Gasteiger partial charge in [0.15, 0.2) is 0 Å². The van der Waals surface area contributed by atoms with Crippen molar-refractivity contribution in [3.05, 3.63) is 10.0 Å². The van der Waals surface area contributed by atoms with Crippen molar-refractivity contribution in [3.8, 4) is 0 Å². The smallest absolute Gasteiger partial charge is 0.118 e. The average molecular weight is 255 g/mol. The van der Waals surface area contributed by atoms with Gasteiger partial charge in [-0.2, -0.15) is 0 Å². The highest BCUT2D eigenvalue weighted by atomic mass is 32.1. The van der Waals surface area contributed by atoms with E-state index in [9.17, 15) is 0 Å². The molecule has 0 aromatic carbocycles. The molecule has 0 radical (unpaired) electrons. The molecule has 0 atom stereocenters. The Morgan fingerprint density at radius 3 is 2.12 bits per heavy atom. The lowest BCUT2D eigenvalue weighted by Crippen LogP contribution is -2.37. The van der Waals surface area contributed by atoms with Crippen LogP contribution in [0.4, 0.5) is 0 Å². The summed E-state index contributed by atoms with van der Waals surface area (Å²) < 4.78 is 0. The Morgan fingerprint density at radius 1 is 1.00 bits per heavy atom. The van der Waals surface area contributed by atoms with Gasteiger partial charge in [-0.05, 0) is 26.2 Å². The summed E-state index contributed by atoms with van der Waals surface area (Å²) in [5, 5.41) is 14.3. The molecule has 98 valence electrons. The Labute approximate surface area is 109 Å². The summed E-state index contributed by atoms with van der Waals surface area (Å²) in [6.45, 7) is 14.2. The first-order valence-electron chi connectivity index (χ1n) is 6.22. The van der Waals surface area contributed by atoms with Crippen molar-refractivity contribution in [2.45, 2.75) is 59.9 Å². The maximum atomic E-state index is 4.26. The number of aromatic nitrogens is 2. The lowest BCUT2D eigenvalue weighted by Gasteiger charge is -2.19. The molecule has 0 aliphatic rings. The van der Waals surface area contributed by atoms with Gasteiger partial charge >= 0.3 is 0 Å². The van der Waals surface area contributed by atoms with Crippen LogP contribution in [0.3, 0.4) is 0 Å². The van der Waals surface area contributed by atoms with Crippen LogP contribution in [0.2, 0.25) is 0 Å². The summed E-state index contributed by atoms with van der Waals surface area (Å²) in [6, 6.07) is 0. The quantitative estimate of drug-likeness (QED) is 0.898. The number of rotatable bonds is 4. The van der Waals surface area contributed by atoms with Gasteiger partial charge in [-0.25, -0.2) is 0 Å². The molecule has 0 unspecified atom stereocenters. The molecule has 1 rings (SSSR count). The highest BCUT2D eigenvalue weighted by Gasteiger charge is 2.15. The number of nitrogens with zero attached hydrogens (tertiary/aromatic N) is 2. The molecule has 0 amide bonds. The number of hydrogen-bond acceptors (Lipinski definition) is 4. The van der Waals surface area contributed by atoms with Crippen molar-refractivity contribution in [2.75, 3.05) is 6.54 Å². The van der Waals surface area contributed by atoms with Gasteiger partial charge in [-0.15, -0.1) is 21.5 Å². The second-order valence-electron chi connectivity index (χ2n) is 6.75. The van der Waals surface area contributed by atoms with Crippen LogP contribution in [0.5, 0.6) is 0 Å². The summed E-state index contributed by atoms with van der Waals surface area (Å²) in [5.74, 6) is 0. The maximum Gasteiger partial charge on any atom is 0.118 e. The standard InChI is InChI=1S/C13H25N3S/c1-12(2,3)9-11-16-15-10(17-11)7-8-14-13(4,5)6/h14H,7-9H2,1-6H3. The van der Waals surface area contributed by atoms with E-state index in [-0.39, 0.29) is 5.54 Å². The largest absolute Gasteiger partial charge is 0.312 e. The lowest BCUT2D eigenvalue weighted by molar-refractivity contribution is 0.409. The van der Waals surface area contributed by atoms with E-state index in [1.54, 1.807) is 11.3 Å². The molecule has 0 bridgehead atoms. The fourth-order valence-corrected chi connectivity index (χ4v) is 2.60. The van der Waals surface area contributed by atoms with E-state index >= 15 is 0 Å². The Balaban J connectivity index is 2.41. The van der Waals surface area contributed by atoms with Crippen LogP contribution in [-0.4, -0.2) is 22.3 Å². The summed E-state index contributed by atoms with van der Waals surface area (Å²) in [6.07, 6.45) is 1.98. The van der Waals surface area contributed by atoms with Crippen molar-refractivity contribution in [1.82, 2.24) is 15.5 Å². The van der Waals surface area contributed by atoms with Crippen molar-refractivity contribution < 1.29 is 0 Å². The molecular formula is C13H25N3S. The van der Waals surface area contributed by atoms with Crippen LogP contribution in [0, 0.1) is 5.41 Å². The fraction of sp³-hybridized carbons (Fsp3) is 0.846. The van der Waals surface area contributed by atoms with Crippen molar-refractivity contribution in [2.24, 2.45) is 5.41 Å². The molecule has 0 saturated carbocycles. The zero-order valence-electron chi connectivity index (χ0n) is 11.9. The van der Waals surface area contributed by atoms with E-state index in [0.29, 0.717) is 5.41 Å². The minimum absolute atomic E-state index is 0.179. The molecule has 0 saturated heterocycles. The Bertz CT molecular complexity index is 344. The van der Waals surface area contributed by atoms with Gasteiger partial charge in [0.2, 0.25) is 0 Å². The lowest BCUT2D eigenvalue weighted by atomic mass is 9.93. The third-order valence-corrected chi connectivity index (χ3v) is 3.17. The number of nitrogens with one attached hydrogen (secondary N) is 1. The van der Waals surface area contributed by atoms with Crippen LogP contribution in [-0.2, 0) is 12.8 Å². The summed E-state index contributed by atoms with van der Waals surface area (Å²) in [5.41, 5.74) is 0.472. The highest BCUT2D eigenvalue weighted by molar-refractivity contribution is 7.11. The fourth-order valence-electron chi connectivity index (χ4n) is 1.46. The summed E-state index contributed by atoms with van der Waals surface area (Å²) in [4.78, 5) is 0. The normalized spacial score (nSPS) is 13.1. The second kappa shape index (κ2) is 5.44. The minimum atomic E-state index is 0.179. The Morgan fingerprint density at radius 2 is 1.59 bits per heavy atom. The highest BCUT2D eigenvalue weighted by Crippen LogP contribution is 2.22. The first kappa shape index (κ1) is 14.6. The van der Waals surface area contributed by atoms with E-state index in [4.69, 9.17) is 0 Å². The topological polar surface area (TPSA) is 37.8 Å². The van der Waals surface area contributed by atoms with E-state index in [1.807, 2.05) is 0 Å². The van der Waals surface area contributed by atoms with E-state index in [0.717, 1.165) is 29.4 Å². The molecule has 0 fully saturated rings. The molecule has 1 aromatic rings. The van der Waals surface area contributed by atoms with Gasteiger partial charge in [0, 0.05) is 24.9 Å². The van der Waals surface area contributed by atoms with E-state index in [2.05, 4.69) is 57.1 Å². The molecule has 0 spiro atoms. The SMILES string of the molecule is CC(C)(C)Cc1nnc(CCNC(C)(C)C)s1. The Kier molecular flexibility index (Phi) is 4.67. The first-order chi connectivity index (χ1) is 7.66. The summed E-state index contributed by atoms with van der Waals surface area (Å²) >= 11 is 1.75. The van der Waals surface area contributed by atoms with Crippen molar-refractivity contribution >= 4 is 11.3 Å². The molecule has 17 heavy (non-hydrogen) atoms. The van der Waals surface area contributed by atoms with Gasteiger partial charge in [0.1, 0.15) is 10.0 Å². The predicted molar refractivity (Wildman–Crippen MR) is 74.5 cm³/mol. The number of hydrogen-bond donors (Lipinski definition) is 1. The molecule has 1 heterocycles. The van der Waals surface area contributed by atoms with Crippen LogP contribution < -0.4 is 5.32 Å². The van der Waals surface area contributed by atoms with Crippen LogP contribution in [0.1, 0.15) is 51.6 Å². The third kappa shape index (κ3) is 6.74. The van der Waals surface area contributed by atoms with Gasteiger partial charge in [-0.1, -0.05) is 20.8 Å². The van der Waals surface area contributed by atoms with Crippen molar-refractivity contribution in [3.63, 3.8) is 0 Å². The molecule has 0 aliphatic heterocycles. The average Bonchev–Trinajstić information content (AvgIpc) is 2.46. The van der Waals surface area contributed by atoms with Gasteiger partial charge in [0.25, 0.3) is 0 Å². The third-order valence-electron chi connectivity index (χ3n) is 2.18. The predicted octanol–water partition coefficient (Wildman–Crippen LogP) is 3.06. The van der Waals surface area contributed by atoms with E-state index in [1.165, 1.54) is 0 Å². The molecule has 0 aliphatic carbocycles. The van der Waals surface area contributed by atoms with Gasteiger partial charge in [0.05, 0.1) is 0 Å². The molecular weight excluding hydrogens is 230 g/mol. The zero-order chi connectivity index (χ0) is 13.1. The molecule has 3 nitrogen and oxygen atoms in total. The van der Waals surface area contributed by atoms with Gasteiger partial charge in [-0.3, -0.25) is 0 Å². The molecule has 1 N–H and O–H groups in total. The van der Waals surface area contributed by atoms with Gasteiger partial charge < -0.3 is 5.32 Å². The second-order valence-corrected chi connectivity index (χ2v) is 7.90. The summed E-state index contributed by atoms with van der Waals surface area (Å²) in [7, 11) is 0. The maximum absolute atomic E-state index is 4.26. The zero-order valence-corrected chi connectivity index (χ0v) is 12.7. The van der Waals surface area contributed by atoms with Crippen LogP contribution in [0.25, 0.3) is 0 Å². The van der Waals surface area contributed by atoms with Crippen LogP contribution >= 0.6 is 11.3 Å². The molecule has 4 heteroatoms. The Hall–Kier alpha value is -0.480. The van der Waals surface area contributed by atoms with Crippen molar-refractivity contribution in [1.29, 1.82) is 0 Å². The monoisotopic (exact) mass is 255 g/mol. The minimum Gasteiger partial charge on any atom is -0.312 e. The molecule has 1 aromatic heterocycles. The van der Waals surface area contributed by atoms with E-state index < -0.39 is 0 Å². The van der Waals surface area contributed by atoms with Crippen LogP contribution in [0.15, 0.2) is 0 Å².